The maximum Gasteiger partial charge on any atom is 0.236 e. The monoisotopic (exact) mass is 242 g/mol. The van der Waals surface area contributed by atoms with Gasteiger partial charge in [0.05, 0.1) is 6.04 Å². The molecule has 0 aromatic heterocycles. The van der Waals surface area contributed by atoms with Gasteiger partial charge in [0, 0.05) is 6.54 Å². The van der Waals surface area contributed by atoms with Crippen LogP contribution in [0.3, 0.4) is 0 Å². The SMILES string of the molecule is CC(N)C(=O)NCCc1ccc2ccccc2c1. The van der Waals surface area contributed by atoms with Crippen molar-refractivity contribution in [1.82, 2.24) is 5.32 Å². The zero-order valence-electron chi connectivity index (χ0n) is 10.5. The van der Waals surface area contributed by atoms with Gasteiger partial charge < -0.3 is 11.1 Å². The Morgan fingerprint density at radius 1 is 1.22 bits per heavy atom. The first-order valence-corrected chi connectivity index (χ1v) is 6.18. The van der Waals surface area contributed by atoms with Gasteiger partial charge in [-0.1, -0.05) is 42.5 Å². The molecule has 0 radical (unpaired) electrons. The molecule has 0 fully saturated rings. The Morgan fingerprint density at radius 3 is 2.67 bits per heavy atom. The average molecular weight is 242 g/mol. The maximum absolute atomic E-state index is 11.3. The molecule has 1 unspecified atom stereocenters. The zero-order chi connectivity index (χ0) is 13.0. The Balaban J connectivity index is 1.98. The van der Waals surface area contributed by atoms with Crippen LogP contribution in [0.1, 0.15) is 12.5 Å². The molecule has 2 aromatic rings. The molecular weight excluding hydrogens is 224 g/mol. The molecule has 0 saturated heterocycles. The van der Waals surface area contributed by atoms with Crippen molar-refractivity contribution >= 4 is 16.7 Å². The summed E-state index contributed by atoms with van der Waals surface area (Å²) in [6.07, 6.45) is 0.823. The van der Waals surface area contributed by atoms with Gasteiger partial charge in [0.15, 0.2) is 0 Å². The van der Waals surface area contributed by atoms with Crippen LogP contribution in [0.4, 0.5) is 0 Å². The van der Waals surface area contributed by atoms with Gasteiger partial charge in [0.1, 0.15) is 0 Å². The fourth-order valence-corrected chi connectivity index (χ4v) is 1.89. The lowest BCUT2D eigenvalue weighted by Gasteiger charge is -2.08. The summed E-state index contributed by atoms with van der Waals surface area (Å²) in [5.74, 6) is -0.101. The van der Waals surface area contributed by atoms with Crippen molar-refractivity contribution in [3.8, 4) is 0 Å². The first-order valence-electron chi connectivity index (χ1n) is 6.18. The van der Waals surface area contributed by atoms with E-state index in [-0.39, 0.29) is 5.91 Å². The summed E-state index contributed by atoms with van der Waals surface area (Å²) < 4.78 is 0. The largest absolute Gasteiger partial charge is 0.354 e. The number of benzene rings is 2. The number of hydrogen-bond acceptors (Lipinski definition) is 2. The highest BCUT2D eigenvalue weighted by Crippen LogP contribution is 2.15. The van der Waals surface area contributed by atoms with E-state index in [0.717, 1.165) is 6.42 Å². The van der Waals surface area contributed by atoms with Crippen LogP contribution in [0.25, 0.3) is 10.8 Å². The summed E-state index contributed by atoms with van der Waals surface area (Å²) in [5, 5.41) is 5.28. The first kappa shape index (κ1) is 12.6. The predicted octanol–water partition coefficient (Wildman–Crippen LogP) is 1.85. The summed E-state index contributed by atoms with van der Waals surface area (Å²) >= 11 is 0. The summed E-state index contributed by atoms with van der Waals surface area (Å²) in [4.78, 5) is 11.3. The molecule has 1 atom stereocenters. The van der Waals surface area contributed by atoms with Crippen molar-refractivity contribution in [3.63, 3.8) is 0 Å². The molecule has 0 bridgehead atoms. The lowest BCUT2D eigenvalue weighted by molar-refractivity contribution is -0.121. The summed E-state index contributed by atoms with van der Waals surface area (Å²) in [6.45, 7) is 2.31. The molecule has 3 nitrogen and oxygen atoms in total. The number of nitrogens with one attached hydrogen (secondary N) is 1. The molecule has 0 aliphatic heterocycles. The van der Waals surface area contributed by atoms with Crippen LogP contribution in [-0.2, 0) is 11.2 Å². The third-order valence-electron chi connectivity index (χ3n) is 2.94. The molecule has 0 heterocycles. The van der Waals surface area contributed by atoms with Crippen LogP contribution in [-0.4, -0.2) is 18.5 Å². The normalized spacial score (nSPS) is 12.3. The Bertz CT molecular complexity index is 549. The number of carbonyl (C=O) groups is 1. The second kappa shape index (κ2) is 5.65. The minimum Gasteiger partial charge on any atom is -0.354 e. The van der Waals surface area contributed by atoms with Crippen LogP contribution < -0.4 is 11.1 Å². The second-order valence-electron chi connectivity index (χ2n) is 4.51. The van der Waals surface area contributed by atoms with E-state index in [1.54, 1.807) is 6.92 Å². The van der Waals surface area contributed by atoms with Gasteiger partial charge in [-0.3, -0.25) is 4.79 Å². The Hall–Kier alpha value is -1.87. The Kier molecular flexibility index (Phi) is 3.95. The molecule has 94 valence electrons. The summed E-state index contributed by atoms with van der Waals surface area (Å²) in [5.41, 5.74) is 6.70. The highest BCUT2D eigenvalue weighted by molar-refractivity contribution is 5.83. The van der Waals surface area contributed by atoms with Gasteiger partial charge in [0.2, 0.25) is 5.91 Å². The van der Waals surface area contributed by atoms with E-state index >= 15 is 0 Å². The molecule has 3 N–H and O–H groups in total. The number of rotatable bonds is 4. The van der Waals surface area contributed by atoms with Crippen molar-refractivity contribution in [2.75, 3.05) is 6.54 Å². The van der Waals surface area contributed by atoms with Gasteiger partial charge in [-0.2, -0.15) is 0 Å². The van der Waals surface area contributed by atoms with E-state index in [1.165, 1.54) is 16.3 Å². The summed E-state index contributed by atoms with van der Waals surface area (Å²) in [7, 11) is 0. The van der Waals surface area contributed by atoms with E-state index in [1.807, 2.05) is 12.1 Å². The smallest absolute Gasteiger partial charge is 0.236 e. The highest BCUT2D eigenvalue weighted by Gasteiger charge is 2.05. The Morgan fingerprint density at radius 2 is 1.94 bits per heavy atom. The maximum atomic E-state index is 11.3. The topological polar surface area (TPSA) is 55.1 Å². The lowest BCUT2D eigenvalue weighted by atomic mass is 10.1. The number of nitrogens with two attached hydrogens (primary N) is 1. The van der Waals surface area contributed by atoms with E-state index in [4.69, 9.17) is 5.73 Å². The van der Waals surface area contributed by atoms with Crippen LogP contribution in [0, 0.1) is 0 Å². The van der Waals surface area contributed by atoms with Gasteiger partial charge >= 0.3 is 0 Å². The third-order valence-corrected chi connectivity index (χ3v) is 2.94. The van der Waals surface area contributed by atoms with Crippen molar-refractivity contribution in [1.29, 1.82) is 0 Å². The average Bonchev–Trinajstić information content (AvgIpc) is 2.38. The second-order valence-corrected chi connectivity index (χ2v) is 4.51. The van der Waals surface area contributed by atoms with Crippen molar-refractivity contribution < 1.29 is 4.79 Å². The molecule has 0 aliphatic rings. The predicted molar refractivity (Wildman–Crippen MR) is 74.3 cm³/mol. The van der Waals surface area contributed by atoms with Gasteiger partial charge in [-0.15, -0.1) is 0 Å². The number of fused-ring (bicyclic) bond motifs is 1. The number of amides is 1. The minimum atomic E-state index is -0.443. The Labute approximate surface area is 107 Å². The van der Waals surface area contributed by atoms with E-state index in [9.17, 15) is 4.79 Å². The molecule has 1 amide bonds. The zero-order valence-corrected chi connectivity index (χ0v) is 10.5. The molecule has 18 heavy (non-hydrogen) atoms. The molecule has 3 heteroatoms. The van der Waals surface area contributed by atoms with Crippen molar-refractivity contribution in [3.05, 3.63) is 48.0 Å². The van der Waals surface area contributed by atoms with Crippen LogP contribution in [0.15, 0.2) is 42.5 Å². The molecule has 2 rings (SSSR count). The lowest BCUT2D eigenvalue weighted by Crippen LogP contribution is -2.39. The highest BCUT2D eigenvalue weighted by atomic mass is 16.2. The number of hydrogen-bond donors (Lipinski definition) is 2. The fraction of sp³-hybridized carbons (Fsp3) is 0.267. The molecule has 0 spiro atoms. The molecule has 2 aromatic carbocycles. The fourth-order valence-electron chi connectivity index (χ4n) is 1.89. The van der Waals surface area contributed by atoms with Crippen molar-refractivity contribution in [2.45, 2.75) is 19.4 Å². The van der Waals surface area contributed by atoms with Gasteiger partial charge in [-0.05, 0) is 29.7 Å². The summed E-state index contributed by atoms with van der Waals surface area (Å²) in [6, 6.07) is 14.2. The first-order chi connectivity index (χ1) is 8.66. The minimum absolute atomic E-state index is 0.101. The third kappa shape index (κ3) is 3.08. The van der Waals surface area contributed by atoms with E-state index in [2.05, 4.69) is 35.6 Å². The van der Waals surface area contributed by atoms with E-state index in [0.29, 0.717) is 6.54 Å². The molecular formula is C15H18N2O. The van der Waals surface area contributed by atoms with Crippen LogP contribution in [0.5, 0.6) is 0 Å². The molecule has 0 aliphatic carbocycles. The van der Waals surface area contributed by atoms with Crippen LogP contribution in [0.2, 0.25) is 0 Å². The van der Waals surface area contributed by atoms with Crippen molar-refractivity contribution in [2.24, 2.45) is 5.73 Å². The van der Waals surface area contributed by atoms with Gasteiger partial charge in [-0.25, -0.2) is 0 Å². The van der Waals surface area contributed by atoms with E-state index < -0.39 is 6.04 Å². The quantitative estimate of drug-likeness (QED) is 0.859. The standard InChI is InChI=1S/C15H18N2O/c1-11(16)15(18)17-9-8-12-6-7-13-4-2-3-5-14(13)10-12/h2-7,10-11H,8-9,16H2,1H3,(H,17,18). The van der Waals surface area contributed by atoms with Crippen LogP contribution >= 0.6 is 0 Å². The molecule has 0 saturated carbocycles. The van der Waals surface area contributed by atoms with Gasteiger partial charge in [0.25, 0.3) is 0 Å². The number of carbonyl (C=O) groups excluding carboxylic acids is 1.